The number of hydrogen-bond donors (Lipinski definition) is 3. The van der Waals surface area contributed by atoms with E-state index in [0.29, 0.717) is 5.69 Å². The molecule has 4 N–H and O–H groups in total. The van der Waals surface area contributed by atoms with Gasteiger partial charge in [-0.25, -0.2) is 0 Å². The van der Waals surface area contributed by atoms with E-state index in [0.717, 1.165) is 29.6 Å². The van der Waals surface area contributed by atoms with Gasteiger partial charge in [0.1, 0.15) is 0 Å². The standard InChI is InChI=1S/C13H17N3O/c1-9(17)4-6-15-12-5-7-16-13-8-10(14)2-3-11(12)13/h2-3,5,7-9,17H,4,6,14H2,1H3,(H,15,16). The molecule has 2 aromatic rings. The molecule has 1 atom stereocenters. The minimum absolute atomic E-state index is 0.286. The van der Waals surface area contributed by atoms with Crippen LogP contribution in [0.2, 0.25) is 0 Å². The van der Waals surface area contributed by atoms with Crippen molar-refractivity contribution in [3.8, 4) is 0 Å². The molecule has 0 fully saturated rings. The summed E-state index contributed by atoms with van der Waals surface area (Å²) in [7, 11) is 0. The van der Waals surface area contributed by atoms with Crippen LogP contribution < -0.4 is 11.1 Å². The Hall–Kier alpha value is -1.81. The lowest BCUT2D eigenvalue weighted by Gasteiger charge is -2.10. The van der Waals surface area contributed by atoms with Crippen LogP contribution >= 0.6 is 0 Å². The molecule has 2 rings (SSSR count). The number of hydrogen-bond acceptors (Lipinski definition) is 4. The summed E-state index contributed by atoms with van der Waals surface area (Å²) < 4.78 is 0. The van der Waals surface area contributed by atoms with E-state index in [1.807, 2.05) is 24.3 Å². The van der Waals surface area contributed by atoms with Crippen molar-refractivity contribution in [1.82, 2.24) is 4.98 Å². The topological polar surface area (TPSA) is 71.2 Å². The Bertz CT molecular complexity index is 511. The number of nitrogen functional groups attached to an aromatic ring is 1. The van der Waals surface area contributed by atoms with Gasteiger partial charge < -0.3 is 16.2 Å². The van der Waals surface area contributed by atoms with Crippen LogP contribution in [0.4, 0.5) is 11.4 Å². The molecule has 0 bridgehead atoms. The second kappa shape index (κ2) is 5.01. The first-order valence-electron chi connectivity index (χ1n) is 5.73. The third-order valence-electron chi connectivity index (χ3n) is 2.64. The first-order chi connectivity index (χ1) is 8.16. The average molecular weight is 231 g/mol. The van der Waals surface area contributed by atoms with Crippen LogP contribution in [-0.2, 0) is 0 Å². The maximum absolute atomic E-state index is 9.21. The van der Waals surface area contributed by atoms with E-state index < -0.39 is 0 Å². The molecule has 0 aliphatic carbocycles. The Morgan fingerprint density at radius 1 is 1.41 bits per heavy atom. The van der Waals surface area contributed by atoms with Crippen LogP contribution in [-0.4, -0.2) is 22.7 Å². The molecule has 17 heavy (non-hydrogen) atoms. The second-order valence-electron chi connectivity index (χ2n) is 4.20. The molecule has 1 heterocycles. The van der Waals surface area contributed by atoms with Crippen LogP contribution in [0, 0.1) is 0 Å². The summed E-state index contributed by atoms with van der Waals surface area (Å²) in [6.45, 7) is 2.52. The van der Waals surface area contributed by atoms with Crippen molar-refractivity contribution < 1.29 is 5.11 Å². The van der Waals surface area contributed by atoms with Crippen LogP contribution in [0.1, 0.15) is 13.3 Å². The molecule has 0 spiro atoms. The van der Waals surface area contributed by atoms with Crippen LogP contribution in [0.3, 0.4) is 0 Å². The summed E-state index contributed by atoms with van der Waals surface area (Å²) in [6, 6.07) is 7.61. The Kier molecular flexibility index (Phi) is 3.44. The quantitative estimate of drug-likeness (QED) is 0.704. The van der Waals surface area contributed by atoms with Gasteiger partial charge in [-0.1, -0.05) is 0 Å². The number of nitrogens with one attached hydrogen (secondary N) is 1. The van der Waals surface area contributed by atoms with Crippen LogP contribution in [0.5, 0.6) is 0 Å². The van der Waals surface area contributed by atoms with Gasteiger partial charge in [0.25, 0.3) is 0 Å². The van der Waals surface area contributed by atoms with Crippen LogP contribution in [0.25, 0.3) is 10.9 Å². The Morgan fingerprint density at radius 3 is 3.00 bits per heavy atom. The second-order valence-corrected chi connectivity index (χ2v) is 4.20. The minimum Gasteiger partial charge on any atom is -0.399 e. The zero-order chi connectivity index (χ0) is 12.3. The fraction of sp³-hybridized carbons (Fsp3) is 0.308. The van der Waals surface area contributed by atoms with E-state index in [2.05, 4.69) is 10.3 Å². The fourth-order valence-electron chi connectivity index (χ4n) is 1.73. The number of aliphatic hydroxyl groups is 1. The minimum atomic E-state index is -0.286. The number of aromatic nitrogens is 1. The van der Waals surface area contributed by atoms with E-state index in [-0.39, 0.29) is 6.10 Å². The lowest BCUT2D eigenvalue weighted by molar-refractivity contribution is 0.189. The number of fused-ring (bicyclic) bond motifs is 1. The third-order valence-corrected chi connectivity index (χ3v) is 2.64. The van der Waals surface area contributed by atoms with E-state index in [1.54, 1.807) is 13.1 Å². The number of pyridine rings is 1. The van der Waals surface area contributed by atoms with Gasteiger partial charge in [0, 0.05) is 29.5 Å². The average Bonchev–Trinajstić information content (AvgIpc) is 2.28. The number of rotatable bonds is 4. The number of nitrogens with two attached hydrogens (primary N) is 1. The highest BCUT2D eigenvalue weighted by atomic mass is 16.3. The normalized spacial score (nSPS) is 12.6. The molecule has 0 aliphatic heterocycles. The Morgan fingerprint density at radius 2 is 2.24 bits per heavy atom. The number of benzene rings is 1. The zero-order valence-corrected chi connectivity index (χ0v) is 9.85. The van der Waals surface area contributed by atoms with Crippen molar-refractivity contribution in [2.75, 3.05) is 17.6 Å². The zero-order valence-electron chi connectivity index (χ0n) is 9.85. The van der Waals surface area contributed by atoms with Gasteiger partial charge in [0.05, 0.1) is 11.6 Å². The highest BCUT2D eigenvalue weighted by Crippen LogP contribution is 2.23. The highest BCUT2D eigenvalue weighted by molar-refractivity contribution is 5.92. The molecule has 0 saturated heterocycles. The van der Waals surface area contributed by atoms with Gasteiger partial charge in [0.15, 0.2) is 0 Å². The lowest BCUT2D eigenvalue weighted by Crippen LogP contribution is -2.10. The summed E-state index contributed by atoms with van der Waals surface area (Å²) >= 11 is 0. The number of anilines is 2. The molecule has 0 radical (unpaired) electrons. The largest absolute Gasteiger partial charge is 0.399 e. The number of aliphatic hydroxyl groups excluding tert-OH is 1. The molecule has 1 unspecified atom stereocenters. The first-order valence-corrected chi connectivity index (χ1v) is 5.73. The smallest absolute Gasteiger partial charge is 0.0743 e. The van der Waals surface area contributed by atoms with E-state index in [1.165, 1.54) is 0 Å². The summed E-state index contributed by atoms with van der Waals surface area (Å²) in [5.74, 6) is 0. The molecule has 90 valence electrons. The maximum Gasteiger partial charge on any atom is 0.0743 e. The third kappa shape index (κ3) is 2.85. The molecule has 0 amide bonds. The first kappa shape index (κ1) is 11.7. The summed E-state index contributed by atoms with van der Waals surface area (Å²) in [6.07, 6.45) is 2.19. The van der Waals surface area contributed by atoms with Crippen molar-refractivity contribution >= 4 is 22.3 Å². The van der Waals surface area contributed by atoms with Crippen molar-refractivity contribution in [3.05, 3.63) is 30.5 Å². The maximum atomic E-state index is 9.21. The lowest BCUT2D eigenvalue weighted by atomic mass is 10.1. The summed E-state index contributed by atoms with van der Waals surface area (Å²) in [5, 5.41) is 13.6. The number of nitrogens with zero attached hydrogens (tertiary/aromatic N) is 1. The van der Waals surface area contributed by atoms with Gasteiger partial charge in [-0.2, -0.15) is 0 Å². The molecule has 0 saturated carbocycles. The Labute approximate surface area is 100 Å². The predicted molar refractivity (Wildman–Crippen MR) is 70.9 cm³/mol. The van der Waals surface area contributed by atoms with Crippen LogP contribution in [0.15, 0.2) is 30.5 Å². The monoisotopic (exact) mass is 231 g/mol. The van der Waals surface area contributed by atoms with Crippen molar-refractivity contribution in [2.45, 2.75) is 19.4 Å². The van der Waals surface area contributed by atoms with Gasteiger partial charge in [0.2, 0.25) is 0 Å². The summed E-state index contributed by atoms with van der Waals surface area (Å²) in [5.41, 5.74) is 8.34. The molecule has 1 aromatic heterocycles. The molecular formula is C13H17N3O. The summed E-state index contributed by atoms with van der Waals surface area (Å²) in [4.78, 5) is 4.28. The SMILES string of the molecule is CC(O)CCNc1ccnc2cc(N)ccc12. The van der Waals surface area contributed by atoms with E-state index >= 15 is 0 Å². The molecule has 0 aliphatic rings. The Balaban J connectivity index is 2.22. The van der Waals surface area contributed by atoms with Gasteiger partial charge in [-0.05, 0) is 37.6 Å². The molecule has 1 aromatic carbocycles. The fourth-order valence-corrected chi connectivity index (χ4v) is 1.73. The van der Waals surface area contributed by atoms with Crippen molar-refractivity contribution in [3.63, 3.8) is 0 Å². The van der Waals surface area contributed by atoms with Gasteiger partial charge in [-0.3, -0.25) is 4.98 Å². The van der Waals surface area contributed by atoms with Crippen molar-refractivity contribution in [1.29, 1.82) is 0 Å². The molecule has 4 nitrogen and oxygen atoms in total. The molecule has 4 heteroatoms. The van der Waals surface area contributed by atoms with E-state index in [4.69, 9.17) is 5.73 Å². The molecular weight excluding hydrogens is 214 g/mol. The highest BCUT2D eigenvalue weighted by Gasteiger charge is 2.02. The van der Waals surface area contributed by atoms with Gasteiger partial charge in [-0.15, -0.1) is 0 Å². The van der Waals surface area contributed by atoms with E-state index in [9.17, 15) is 5.11 Å². The van der Waals surface area contributed by atoms with Crippen molar-refractivity contribution in [2.24, 2.45) is 0 Å². The predicted octanol–water partition coefficient (Wildman–Crippen LogP) is 2.00. The van der Waals surface area contributed by atoms with Gasteiger partial charge >= 0.3 is 0 Å².